The van der Waals surface area contributed by atoms with Crippen molar-refractivity contribution in [2.45, 2.75) is 30.7 Å². The van der Waals surface area contributed by atoms with E-state index < -0.39 is 16.1 Å². The molecule has 1 aromatic heterocycles. The first-order valence-electron chi connectivity index (χ1n) is 7.33. The van der Waals surface area contributed by atoms with E-state index in [0.29, 0.717) is 6.04 Å². The van der Waals surface area contributed by atoms with E-state index in [9.17, 15) is 8.42 Å². The monoisotopic (exact) mass is 307 g/mol. The lowest BCUT2D eigenvalue weighted by Crippen LogP contribution is -2.23. The van der Waals surface area contributed by atoms with Crippen LogP contribution >= 0.6 is 0 Å². The Bertz CT molecular complexity index is 694. The quantitative estimate of drug-likeness (QED) is 0.628. The maximum atomic E-state index is 11.3. The third-order valence-electron chi connectivity index (χ3n) is 4.22. The van der Waals surface area contributed by atoms with Crippen LogP contribution < -0.4 is 10.6 Å². The molecule has 0 saturated carbocycles. The highest BCUT2D eigenvalue weighted by atomic mass is 32.2. The maximum absolute atomic E-state index is 11.3. The van der Waals surface area contributed by atoms with Crippen molar-refractivity contribution in [1.29, 1.82) is 0 Å². The number of nitrogens with one attached hydrogen (secondary N) is 3. The summed E-state index contributed by atoms with van der Waals surface area (Å²) in [6.07, 6.45) is 5.46. The molecule has 2 unspecified atom stereocenters. The van der Waals surface area contributed by atoms with Gasteiger partial charge in [0.15, 0.2) is 10.7 Å². The van der Waals surface area contributed by atoms with Crippen LogP contribution in [0.4, 0.5) is 0 Å². The lowest BCUT2D eigenvalue weighted by atomic mass is 10.0. The number of rotatable bonds is 5. The predicted molar refractivity (Wildman–Crippen MR) is 85.1 cm³/mol. The zero-order valence-electron chi connectivity index (χ0n) is 12.1. The molecule has 1 aromatic carbocycles. The van der Waals surface area contributed by atoms with Crippen LogP contribution in [0.25, 0.3) is 10.9 Å². The van der Waals surface area contributed by atoms with Gasteiger partial charge in [-0.1, -0.05) is 6.07 Å². The number of H-pyrrole nitrogens is 1. The van der Waals surface area contributed by atoms with Crippen molar-refractivity contribution >= 4 is 21.6 Å². The normalized spacial score (nSPS) is 20.4. The molecule has 114 valence electrons. The Morgan fingerprint density at radius 1 is 1.43 bits per heavy atom. The Morgan fingerprint density at radius 2 is 2.29 bits per heavy atom. The van der Waals surface area contributed by atoms with Gasteiger partial charge in [0.2, 0.25) is 0 Å². The molecule has 1 fully saturated rings. The van der Waals surface area contributed by atoms with Gasteiger partial charge < -0.3 is 15.6 Å². The molecule has 6 heteroatoms. The highest BCUT2D eigenvalue weighted by Crippen LogP contribution is 2.25. The summed E-state index contributed by atoms with van der Waals surface area (Å²) in [5, 5.41) is 6.85. The van der Waals surface area contributed by atoms with E-state index in [1.165, 1.54) is 18.4 Å². The second-order valence-electron chi connectivity index (χ2n) is 5.59. The molecule has 1 saturated heterocycles. The molecule has 0 spiro atoms. The number of hydrogen-bond acceptors (Lipinski definition) is 4. The molecule has 0 amide bonds. The Labute approximate surface area is 126 Å². The lowest BCUT2D eigenvalue weighted by molar-refractivity contribution is 0.590. The molecule has 3 N–H and O–H groups in total. The Hall–Kier alpha value is -1.37. The van der Waals surface area contributed by atoms with Gasteiger partial charge in [-0.2, -0.15) is 0 Å². The van der Waals surface area contributed by atoms with Crippen LogP contribution in [0.15, 0.2) is 24.4 Å². The molecule has 5 nitrogen and oxygen atoms in total. The Balaban J connectivity index is 1.95. The molecule has 0 radical (unpaired) electrons. The minimum atomic E-state index is -2.54. The van der Waals surface area contributed by atoms with Crippen LogP contribution in [0.1, 0.15) is 29.3 Å². The molecule has 1 aliphatic rings. The van der Waals surface area contributed by atoms with E-state index >= 15 is 0 Å². The van der Waals surface area contributed by atoms with Crippen LogP contribution in [0.3, 0.4) is 0 Å². The van der Waals surface area contributed by atoms with E-state index in [1.54, 1.807) is 7.05 Å². The van der Waals surface area contributed by atoms with Gasteiger partial charge in [-0.15, -0.1) is 0 Å². The summed E-state index contributed by atoms with van der Waals surface area (Å²) in [6.45, 7) is 1.09. The lowest BCUT2D eigenvalue weighted by Gasteiger charge is -2.11. The van der Waals surface area contributed by atoms with Crippen molar-refractivity contribution < 1.29 is 8.42 Å². The summed E-state index contributed by atoms with van der Waals surface area (Å²) >= 11 is 0. The fourth-order valence-corrected chi connectivity index (χ4v) is 3.74. The van der Waals surface area contributed by atoms with Crippen LogP contribution in [0.2, 0.25) is 0 Å². The van der Waals surface area contributed by atoms with E-state index in [1.807, 2.05) is 24.4 Å². The fourth-order valence-electron chi connectivity index (χ4n) is 3.13. The van der Waals surface area contributed by atoms with Gasteiger partial charge in [-0.05, 0) is 56.1 Å². The van der Waals surface area contributed by atoms with Crippen molar-refractivity contribution in [3.05, 3.63) is 35.5 Å². The predicted octanol–water partition coefficient (Wildman–Crippen LogP) is 1.29. The molecule has 2 atom stereocenters. The summed E-state index contributed by atoms with van der Waals surface area (Å²) in [5.74, 6) is 0. The smallest absolute Gasteiger partial charge is 0.160 e. The number of benzene rings is 1. The minimum absolute atomic E-state index is 0.531. The second kappa shape index (κ2) is 6.17. The summed E-state index contributed by atoms with van der Waals surface area (Å²) in [4.78, 5) is 3.28. The average Bonchev–Trinajstić information content (AvgIpc) is 3.10. The highest BCUT2D eigenvalue weighted by Gasteiger charge is 2.18. The highest BCUT2D eigenvalue weighted by molar-refractivity contribution is 7.72. The molecule has 21 heavy (non-hydrogen) atoms. The van der Waals surface area contributed by atoms with Crippen LogP contribution in [-0.2, 0) is 17.1 Å². The Kier molecular flexibility index (Phi) is 4.28. The standard InChI is InChI=1S/C15H21N3O2S/c1-16-15(21(19)20)10-4-5-14-13(8-10)11(9-18-14)7-12-3-2-6-17-12/h4-5,8-9,12,15-18,21H,2-3,6-7H2,1H3. The maximum Gasteiger partial charge on any atom is 0.160 e. The number of fused-ring (bicyclic) bond motifs is 1. The minimum Gasteiger partial charge on any atom is -0.361 e. The first-order chi connectivity index (χ1) is 10.2. The summed E-state index contributed by atoms with van der Waals surface area (Å²) in [7, 11) is -0.870. The fraction of sp³-hybridized carbons (Fsp3) is 0.467. The third-order valence-corrected chi connectivity index (χ3v) is 5.20. The molecular formula is C15H21N3O2S. The SMILES string of the molecule is CNC(c1ccc2[nH]cc(CC3CCCN3)c2c1)[SH](=O)=O. The van der Waals surface area contributed by atoms with Gasteiger partial charge in [0.05, 0.1) is 0 Å². The van der Waals surface area contributed by atoms with E-state index in [0.717, 1.165) is 29.4 Å². The van der Waals surface area contributed by atoms with Gasteiger partial charge in [-0.25, -0.2) is 8.42 Å². The van der Waals surface area contributed by atoms with Gasteiger partial charge >= 0.3 is 0 Å². The van der Waals surface area contributed by atoms with Gasteiger partial charge in [0, 0.05) is 23.1 Å². The summed E-state index contributed by atoms with van der Waals surface area (Å²) < 4.78 is 22.7. The summed E-state index contributed by atoms with van der Waals surface area (Å²) in [6, 6.07) is 6.34. The number of aromatic amines is 1. The van der Waals surface area contributed by atoms with Crippen molar-refractivity contribution in [2.24, 2.45) is 0 Å². The number of aromatic nitrogens is 1. The Morgan fingerprint density at radius 3 is 2.95 bits per heavy atom. The molecule has 3 rings (SSSR count). The number of thiol groups is 1. The molecule has 2 heterocycles. The van der Waals surface area contributed by atoms with Gasteiger partial charge in [0.25, 0.3) is 0 Å². The van der Waals surface area contributed by atoms with E-state index in [4.69, 9.17) is 0 Å². The van der Waals surface area contributed by atoms with Crippen molar-refractivity contribution in [1.82, 2.24) is 15.6 Å². The van der Waals surface area contributed by atoms with Crippen molar-refractivity contribution in [3.63, 3.8) is 0 Å². The average molecular weight is 307 g/mol. The van der Waals surface area contributed by atoms with Gasteiger partial charge in [0.1, 0.15) is 5.37 Å². The van der Waals surface area contributed by atoms with E-state index in [2.05, 4.69) is 15.6 Å². The number of hydrogen-bond donors (Lipinski definition) is 4. The van der Waals surface area contributed by atoms with Gasteiger partial charge in [-0.3, -0.25) is 0 Å². The molecule has 0 bridgehead atoms. The van der Waals surface area contributed by atoms with Crippen molar-refractivity contribution in [3.8, 4) is 0 Å². The van der Waals surface area contributed by atoms with Crippen LogP contribution in [-0.4, -0.2) is 33.0 Å². The van der Waals surface area contributed by atoms with Crippen molar-refractivity contribution in [2.75, 3.05) is 13.6 Å². The molecule has 2 aromatic rings. The molecule has 0 aliphatic carbocycles. The van der Waals surface area contributed by atoms with E-state index in [-0.39, 0.29) is 0 Å². The first kappa shape index (κ1) is 14.6. The topological polar surface area (TPSA) is 74.0 Å². The zero-order chi connectivity index (χ0) is 14.8. The zero-order valence-corrected chi connectivity index (χ0v) is 13.0. The second-order valence-corrected chi connectivity index (χ2v) is 6.68. The molecular weight excluding hydrogens is 286 g/mol. The largest absolute Gasteiger partial charge is 0.361 e. The van der Waals surface area contributed by atoms with Crippen LogP contribution in [0, 0.1) is 0 Å². The summed E-state index contributed by atoms with van der Waals surface area (Å²) in [5.41, 5.74) is 3.10. The molecule has 1 aliphatic heterocycles. The first-order valence-corrected chi connectivity index (χ1v) is 8.58. The third kappa shape index (κ3) is 2.97. The van der Waals surface area contributed by atoms with Crippen LogP contribution in [0.5, 0.6) is 0 Å².